The zero-order valence-electron chi connectivity index (χ0n) is 21.9. The average molecular weight is 527 g/mol. The summed E-state index contributed by atoms with van der Waals surface area (Å²) in [5.41, 5.74) is 10.6. The van der Waals surface area contributed by atoms with Gasteiger partial charge in [-0.25, -0.2) is 9.97 Å². The van der Waals surface area contributed by atoms with Gasteiger partial charge in [-0.15, -0.1) is 0 Å². The third-order valence-electron chi connectivity index (χ3n) is 6.99. The summed E-state index contributed by atoms with van der Waals surface area (Å²) in [5.74, 6) is 0. The number of rotatable bonds is 5. The van der Waals surface area contributed by atoms with Gasteiger partial charge in [-0.3, -0.25) is 9.97 Å². The van der Waals surface area contributed by atoms with Crippen LogP contribution in [0, 0.1) is 11.3 Å². The summed E-state index contributed by atoms with van der Waals surface area (Å²) in [4.78, 5) is 20.9. The van der Waals surface area contributed by atoms with E-state index < -0.39 is 0 Å². The Labute approximate surface area is 236 Å². The summed E-state index contributed by atoms with van der Waals surface area (Å²) in [6.07, 6.45) is 3.62. The number of nitriles is 1. The second-order valence-corrected chi connectivity index (χ2v) is 9.58. The van der Waals surface area contributed by atoms with Crippen molar-refractivity contribution in [3.05, 3.63) is 139 Å². The molecule has 2 heterocycles. The summed E-state index contributed by atoms with van der Waals surface area (Å²) < 4.78 is 0. The van der Waals surface area contributed by atoms with E-state index in [0.717, 1.165) is 61.6 Å². The van der Waals surface area contributed by atoms with Crippen LogP contribution in [0.25, 0.3) is 44.6 Å². The van der Waals surface area contributed by atoms with Gasteiger partial charge in [0.1, 0.15) is 0 Å². The largest absolute Gasteiger partial charge is 0.311 e. The number of anilines is 3. The standard InChI is InChI=1S/C35H22N6/c36-21-24-9-15-27(16-10-24)41(28-17-11-25(12-18-28)34-22-37-30-5-1-3-7-32(30)39-34)29-19-13-26(14-20-29)35-23-38-31-6-2-4-8-33(31)40-35/h1-20,22-23H. The monoisotopic (exact) mass is 526 g/mol. The minimum atomic E-state index is 0.615. The molecule has 0 amide bonds. The van der Waals surface area contributed by atoms with Crippen molar-refractivity contribution in [2.75, 3.05) is 4.90 Å². The Balaban J connectivity index is 1.25. The Hall–Kier alpha value is -5.93. The van der Waals surface area contributed by atoms with Crippen LogP contribution < -0.4 is 4.90 Å². The molecule has 7 rings (SSSR count). The second kappa shape index (κ2) is 10.3. The lowest BCUT2D eigenvalue weighted by molar-refractivity contribution is 1.26. The molecule has 0 radical (unpaired) electrons. The SMILES string of the molecule is N#Cc1ccc(N(c2ccc(-c3cnc4ccccc4n3)cc2)c2ccc(-c3cnc4ccccc4n3)cc2)cc1. The zero-order valence-corrected chi connectivity index (χ0v) is 21.9. The van der Waals surface area contributed by atoms with Crippen molar-refractivity contribution in [2.45, 2.75) is 0 Å². The predicted molar refractivity (Wildman–Crippen MR) is 163 cm³/mol. The molecule has 192 valence electrons. The van der Waals surface area contributed by atoms with E-state index in [4.69, 9.17) is 9.97 Å². The summed E-state index contributed by atoms with van der Waals surface area (Å²) in [7, 11) is 0. The Bertz CT molecular complexity index is 1920. The smallest absolute Gasteiger partial charge is 0.0991 e. The van der Waals surface area contributed by atoms with Gasteiger partial charge < -0.3 is 4.90 Å². The highest BCUT2D eigenvalue weighted by Gasteiger charge is 2.14. The van der Waals surface area contributed by atoms with Crippen LogP contribution in [-0.2, 0) is 0 Å². The van der Waals surface area contributed by atoms with E-state index in [9.17, 15) is 5.26 Å². The highest BCUT2D eigenvalue weighted by molar-refractivity contribution is 5.81. The fourth-order valence-corrected chi connectivity index (χ4v) is 4.89. The minimum absolute atomic E-state index is 0.615. The van der Waals surface area contributed by atoms with E-state index in [1.807, 2.05) is 85.2 Å². The van der Waals surface area contributed by atoms with E-state index >= 15 is 0 Å². The van der Waals surface area contributed by atoms with Crippen LogP contribution in [0.15, 0.2) is 134 Å². The molecular formula is C35H22N6. The number of aromatic nitrogens is 4. The molecule has 6 nitrogen and oxygen atoms in total. The van der Waals surface area contributed by atoms with Crippen LogP contribution in [0.4, 0.5) is 17.1 Å². The average Bonchev–Trinajstić information content (AvgIpc) is 3.05. The van der Waals surface area contributed by atoms with Gasteiger partial charge in [0.05, 0.1) is 57.5 Å². The molecule has 5 aromatic carbocycles. The van der Waals surface area contributed by atoms with Crippen molar-refractivity contribution < 1.29 is 0 Å². The summed E-state index contributed by atoms with van der Waals surface area (Å²) in [6.45, 7) is 0. The number of para-hydroxylation sites is 4. The number of hydrogen-bond donors (Lipinski definition) is 0. The molecular weight excluding hydrogens is 504 g/mol. The lowest BCUT2D eigenvalue weighted by Gasteiger charge is -2.26. The molecule has 0 unspecified atom stereocenters. The van der Waals surface area contributed by atoms with Crippen LogP contribution in [0.2, 0.25) is 0 Å². The molecule has 41 heavy (non-hydrogen) atoms. The number of hydrogen-bond acceptors (Lipinski definition) is 6. The van der Waals surface area contributed by atoms with E-state index in [2.05, 4.69) is 69.5 Å². The number of nitrogens with zero attached hydrogens (tertiary/aromatic N) is 6. The molecule has 0 N–H and O–H groups in total. The first-order valence-corrected chi connectivity index (χ1v) is 13.2. The maximum Gasteiger partial charge on any atom is 0.0991 e. The molecule has 0 bridgehead atoms. The Morgan fingerprint density at radius 3 is 1.27 bits per heavy atom. The van der Waals surface area contributed by atoms with Gasteiger partial charge in [0, 0.05) is 28.2 Å². The zero-order chi connectivity index (χ0) is 27.6. The topological polar surface area (TPSA) is 78.6 Å². The molecule has 0 saturated carbocycles. The Morgan fingerprint density at radius 1 is 0.463 bits per heavy atom. The molecule has 0 spiro atoms. The van der Waals surface area contributed by atoms with Gasteiger partial charge in [-0.05, 0) is 72.8 Å². The van der Waals surface area contributed by atoms with Crippen molar-refractivity contribution in [3.8, 4) is 28.6 Å². The Morgan fingerprint density at radius 2 is 0.854 bits per heavy atom. The van der Waals surface area contributed by atoms with E-state index in [-0.39, 0.29) is 0 Å². The van der Waals surface area contributed by atoms with Gasteiger partial charge in [0.15, 0.2) is 0 Å². The van der Waals surface area contributed by atoms with Crippen LogP contribution in [0.1, 0.15) is 5.56 Å². The van der Waals surface area contributed by atoms with Crippen LogP contribution in [0.5, 0.6) is 0 Å². The maximum absolute atomic E-state index is 9.33. The second-order valence-electron chi connectivity index (χ2n) is 9.58. The predicted octanol–water partition coefficient (Wildman–Crippen LogP) is 8.25. The van der Waals surface area contributed by atoms with Gasteiger partial charge in [0.25, 0.3) is 0 Å². The first-order valence-electron chi connectivity index (χ1n) is 13.2. The normalized spacial score (nSPS) is 10.9. The quantitative estimate of drug-likeness (QED) is 0.225. The van der Waals surface area contributed by atoms with Crippen molar-refractivity contribution in [2.24, 2.45) is 0 Å². The molecule has 0 aliphatic rings. The summed E-state index contributed by atoms with van der Waals surface area (Å²) in [6, 6.07) is 42.1. The maximum atomic E-state index is 9.33. The first-order chi connectivity index (χ1) is 20.2. The molecule has 0 saturated heterocycles. The van der Waals surface area contributed by atoms with Crippen molar-refractivity contribution in [3.63, 3.8) is 0 Å². The van der Waals surface area contributed by atoms with Crippen molar-refractivity contribution in [1.29, 1.82) is 5.26 Å². The van der Waals surface area contributed by atoms with Crippen LogP contribution >= 0.6 is 0 Å². The summed E-state index contributed by atoms with van der Waals surface area (Å²) in [5, 5.41) is 9.33. The molecule has 0 aliphatic carbocycles. The molecule has 6 heteroatoms. The molecule has 7 aromatic rings. The third-order valence-corrected chi connectivity index (χ3v) is 6.99. The molecule has 0 aliphatic heterocycles. The molecule has 0 fully saturated rings. The van der Waals surface area contributed by atoms with E-state index in [0.29, 0.717) is 5.56 Å². The van der Waals surface area contributed by atoms with Crippen LogP contribution in [-0.4, -0.2) is 19.9 Å². The minimum Gasteiger partial charge on any atom is -0.311 e. The van der Waals surface area contributed by atoms with Crippen molar-refractivity contribution >= 4 is 39.1 Å². The highest BCUT2D eigenvalue weighted by atomic mass is 15.1. The fourth-order valence-electron chi connectivity index (χ4n) is 4.89. The van der Waals surface area contributed by atoms with E-state index in [1.54, 1.807) is 0 Å². The summed E-state index contributed by atoms with van der Waals surface area (Å²) >= 11 is 0. The molecule has 0 atom stereocenters. The van der Waals surface area contributed by atoms with Crippen molar-refractivity contribution in [1.82, 2.24) is 19.9 Å². The van der Waals surface area contributed by atoms with Crippen LogP contribution in [0.3, 0.4) is 0 Å². The highest BCUT2D eigenvalue weighted by Crippen LogP contribution is 2.36. The first kappa shape index (κ1) is 24.1. The lowest BCUT2D eigenvalue weighted by Crippen LogP contribution is -2.10. The van der Waals surface area contributed by atoms with E-state index in [1.165, 1.54) is 0 Å². The van der Waals surface area contributed by atoms with Gasteiger partial charge >= 0.3 is 0 Å². The number of fused-ring (bicyclic) bond motifs is 2. The fraction of sp³-hybridized carbons (Fsp3) is 0. The lowest BCUT2D eigenvalue weighted by atomic mass is 10.1. The number of benzene rings is 5. The van der Waals surface area contributed by atoms with Gasteiger partial charge in [0.2, 0.25) is 0 Å². The Kier molecular flexibility index (Phi) is 6.08. The van der Waals surface area contributed by atoms with Gasteiger partial charge in [-0.1, -0.05) is 48.5 Å². The molecule has 2 aromatic heterocycles. The third kappa shape index (κ3) is 4.73. The van der Waals surface area contributed by atoms with Gasteiger partial charge in [-0.2, -0.15) is 5.26 Å².